The van der Waals surface area contributed by atoms with E-state index < -0.39 is 47.6 Å². The molecule has 0 spiro atoms. The van der Waals surface area contributed by atoms with Crippen LogP contribution >= 0.6 is 0 Å². The second-order valence-corrected chi connectivity index (χ2v) is 13.6. The molecule has 1 unspecified atom stereocenters. The van der Waals surface area contributed by atoms with Crippen molar-refractivity contribution in [1.82, 2.24) is 20.5 Å². The number of alkyl carbamates (subject to hydrolysis) is 1. The first kappa shape index (κ1) is 37.6. The molecule has 14 heteroatoms. The van der Waals surface area contributed by atoms with Gasteiger partial charge in [0.1, 0.15) is 41.3 Å². The fourth-order valence-corrected chi connectivity index (χ4v) is 7.36. The summed E-state index contributed by atoms with van der Waals surface area (Å²) in [6.45, 7) is 1.43. The van der Waals surface area contributed by atoms with Gasteiger partial charge in [0.2, 0.25) is 11.8 Å². The van der Waals surface area contributed by atoms with E-state index in [2.05, 4.69) is 15.6 Å². The molecule has 1 aromatic carbocycles. The molecule has 3 fully saturated rings. The molecule has 3 amide bonds. The first-order chi connectivity index (χ1) is 23.6. The van der Waals surface area contributed by atoms with Crippen LogP contribution in [-0.2, 0) is 19.1 Å². The van der Waals surface area contributed by atoms with Gasteiger partial charge in [0.25, 0.3) is 0 Å². The van der Waals surface area contributed by atoms with E-state index in [-0.39, 0.29) is 71.8 Å². The minimum absolute atomic E-state index is 0. The Bertz CT molecular complexity index is 1660. The zero-order valence-corrected chi connectivity index (χ0v) is 30.9. The minimum atomic E-state index is -1.50. The molecule has 50 heavy (non-hydrogen) atoms. The van der Waals surface area contributed by atoms with Crippen molar-refractivity contribution in [2.24, 2.45) is 5.92 Å². The second kappa shape index (κ2) is 16.1. The molecule has 262 valence electrons. The largest absolute Gasteiger partial charge is 1.00 e. The zero-order chi connectivity index (χ0) is 34.7. The summed E-state index contributed by atoms with van der Waals surface area (Å²) in [4.78, 5) is 71.7. The Hall–Kier alpha value is -3.68. The van der Waals surface area contributed by atoms with Gasteiger partial charge in [0.15, 0.2) is 5.78 Å². The van der Waals surface area contributed by atoms with E-state index in [0.717, 1.165) is 44.9 Å². The van der Waals surface area contributed by atoms with Gasteiger partial charge in [-0.15, -0.1) is 0 Å². The molecular weight excluding hydrogens is 655 g/mol. The van der Waals surface area contributed by atoms with Crippen LogP contribution in [0.5, 0.6) is 11.5 Å². The van der Waals surface area contributed by atoms with Crippen molar-refractivity contribution in [1.29, 1.82) is 0 Å². The Balaban J connectivity index is 0.00000486. The number of ether oxygens (including phenoxy) is 3. The van der Waals surface area contributed by atoms with E-state index >= 15 is 0 Å². The SMILES string of the molecule is COc1ccc2c(O[C@@H]3C[C@H]4C(=O)N[C@]5(C(C)=O)CC5/C=C\CCCCC[C@H](NC(=O)OC5CCCC5)C(=O)N4C3)cc(C(=O)[O-])nc2c1.[Na+]. The van der Waals surface area contributed by atoms with Gasteiger partial charge < -0.3 is 39.6 Å². The molecule has 1 saturated heterocycles. The maximum atomic E-state index is 14.3. The number of Topliss-reactive ketones (excluding diaryl/α,β-unsaturated/α-hetero) is 1. The third-order valence-corrected chi connectivity index (χ3v) is 10.2. The third-order valence-electron chi connectivity index (χ3n) is 10.2. The van der Waals surface area contributed by atoms with Gasteiger partial charge in [-0.3, -0.25) is 14.4 Å². The number of amides is 3. The van der Waals surface area contributed by atoms with E-state index in [9.17, 15) is 29.1 Å². The molecule has 3 heterocycles. The Morgan fingerprint density at radius 3 is 2.52 bits per heavy atom. The molecule has 5 atom stereocenters. The number of benzene rings is 1. The molecule has 0 radical (unpaired) electrons. The average Bonchev–Trinajstić information content (AvgIpc) is 3.36. The van der Waals surface area contributed by atoms with E-state index in [1.54, 1.807) is 18.2 Å². The first-order valence-corrected chi connectivity index (χ1v) is 17.2. The van der Waals surface area contributed by atoms with Crippen molar-refractivity contribution in [3.63, 3.8) is 0 Å². The Morgan fingerprint density at radius 1 is 1.04 bits per heavy atom. The van der Waals surface area contributed by atoms with E-state index in [1.807, 2.05) is 12.2 Å². The monoisotopic (exact) mass is 698 g/mol. The van der Waals surface area contributed by atoms with Gasteiger partial charge in [0, 0.05) is 29.9 Å². The van der Waals surface area contributed by atoms with Crippen molar-refractivity contribution in [3.8, 4) is 11.5 Å². The number of methoxy groups -OCH3 is 1. The number of ketones is 1. The fourth-order valence-electron chi connectivity index (χ4n) is 7.36. The molecule has 2 N–H and O–H groups in total. The van der Waals surface area contributed by atoms with Crippen LogP contribution in [0, 0.1) is 5.92 Å². The van der Waals surface area contributed by atoms with E-state index in [0.29, 0.717) is 35.9 Å². The molecule has 2 aromatic rings. The van der Waals surface area contributed by atoms with Gasteiger partial charge in [-0.2, -0.15) is 0 Å². The number of fused-ring (bicyclic) bond motifs is 3. The van der Waals surface area contributed by atoms with Crippen molar-refractivity contribution < 1.29 is 72.8 Å². The summed E-state index contributed by atoms with van der Waals surface area (Å²) < 4.78 is 17.3. The van der Waals surface area contributed by atoms with Crippen LogP contribution in [0.2, 0.25) is 0 Å². The maximum absolute atomic E-state index is 14.3. The van der Waals surface area contributed by atoms with Crippen LogP contribution < -0.4 is 54.8 Å². The smallest absolute Gasteiger partial charge is 0.543 e. The minimum Gasteiger partial charge on any atom is -0.543 e. The van der Waals surface area contributed by atoms with Crippen LogP contribution in [-0.4, -0.2) is 83.0 Å². The number of carboxylic acids is 1. The Labute approximate surface area is 313 Å². The molecule has 2 saturated carbocycles. The number of carbonyl (C=O) groups is 5. The van der Waals surface area contributed by atoms with Crippen molar-refractivity contribution in [2.45, 2.75) is 107 Å². The van der Waals surface area contributed by atoms with Crippen LogP contribution in [0.4, 0.5) is 4.79 Å². The molecular formula is C36H43N4NaO9. The van der Waals surface area contributed by atoms with Crippen molar-refractivity contribution in [2.75, 3.05) is 13.7 Å². The summed E-state index contributed by atoms with van der Waals surface area (Å²) in [5.74, 6) is -2.09. The Kier molecular flexibility index (Phi) is 12.1. The normalized spacial score (nSPS) is 27.8. The van der Waals surface area contributed by atoms with Crippen molar-refractivity contribution in [3.05, 3.63) is 42.1 Å². The zero-order valence-electron chi connectivity index (χ0n) is 28.9. The molecule has 13 nitrogen and oxygen atoms in total. The number of allylic oxidation sites excluding steroid dienone is 1. The number of carboxylic acid groups (broad SMARTS) is 1. The van der Waals surface area contributed by atoms with Gasteiger partial charge in [-0.05, 0) is 70.4 Å². The fraction of sp³-hybridized carbons (Fsp3) is 0.556. The number of hydrogen-bond acceptors (Lipinski definition) is 10. The number of aromatic carboxylic acids is 1. The summed E-state index contributed by atoms with van der Waals surface area (Å²) in [5.41, 5.74) is -1.09. The summed E-state index contributed by atoms with van der Waals surface area (Å²) >= 11 is 0. The molecule has 6 rings (SSSR count). The van der Waals surface area contributed by atoms with Crippen LogP contribution in [0.1, 0.15) is 88.0 Å². The number of carbonyl (C=O) groups excluding carboxylic acids is 5. The summed E-state index contributed by atoms with van der Waals surface area (Å²) in [6.07, 6.45) is 10.0. The molecule has 0 bridgehead atoms. The third kappa shape index (κ3) is 8.26. The predicted octanol–water partition coefficient (Wildman–Crippen LogP) is -0.0192. The summed E-state index contributed by atoms with van der Waals surface area (Å²) in [5, 5.41) is 18.1. The quantitative estimate of drug-likeness (QED) is 0.295. The number of hydrogen-bond donors (Lipinski definition) is 2. The summed E-state index contributed by atoms with van der Waals surface area (Å²) in [6, 6.07) is 4.25. The molecule has 1 aromatic heterocycles. The first-order valence-electron chi connectivity index (χ1n) is 17.2. The average molecular weight is 699 g/mol. The number of pyridine rings is 1. The molecule has 2 aliphatic heterocycles. The maximum Gasteiger partial charge on any atom is 1.00 e. The molecule has 2 aliphatic carbocycles. The molecule has 4 aliphatic rings. The van der Waals surface area contributed by atoms with Crippen LogP contribution in [0.15, 0.2) is 36.4 Å². The van der Waals surface area contributed by atoms with Gasteiger partial charge in [-0.1, -0.05) is 25.0 Å². The number of nitrogens with zero attached hydrogens (tertiary/aromatic N) is 2. The van der Waals surface area contributed by atoms with Gasteiger partial charge >= 0.3 is 35.7 Å². The Morgan fingerprint density at radius 2 is 1.80 bits per heavy atom. The van der Waals surface area contributed by atoms with E-state index in [1.165, 1.54) is 25.0 Å². The number of rotatable bonds is 7. The van der Waals surface area contributed by atoms with Crippen LogP contribution in [0.25, 0.3) is 10.9 Å². The van der Waals surface area contributed by atoms with Crippen molar-refractivity contribution >= 4 is 40.6 Å². The van der Waals surface area contributed by atoms with Gasteiger partial charge in [0.05, 0.1) is 30.8 Å². The second-order valence-electron chi connectivity index (χ2n) is 13.6. The number of aromatic nitrogens is 1. The summed E-state index contributed by atoms with van der Waals surface area (Å²) in [7, 11) is 1.48. The van der Waals surface area contributed by atoms with Crippen LogP contribution in [0.3, 0.4) is 0 Å². The van der Waals surface area contributed by atoms with Gasteiger partial charge in [-0.25, -0.2) is 9.78 Å². The topological polar surface area (TPSA) is 176 Å². The standard InChI is InChI=1S/C36H44N4O9.Na/c1-21(41)36-19-22(36)10-6-4-3-5-7-13-27(38-35(46)49-23-11-8-9-12-23)33(43)40-20-25(17-30(40)32(42)39-36)48-31-18-29(34(44)45)37-28-16-24(47-2)14-15-26(28)31;/h6,10,14-16,18,22-23,25,27,30H,3-5,7-9,11-13,17,19-20H2,1-2H3,(H,38,46)(H,39,42)(H,44,45);/q;+1/p-1/b10-6-;/t22?,25-,27+,30+,36+;/m1./s1. The van der Waals surface area contributed by atoms with E-state index in [4.69, 9.17) is 14.2 Å². The number of nitrogens with one attached hydrogen (secondary N) is 2. The predicted molar refractivity (Wildman–Crippen MR) is 175 cm³/mol.